The third kappa shape index (κ3) is 229. The molecule has 0 saturated heterocycles. The molecule has 0 rings (SSSR count). The van der Waals surface area contributed by atoms with Gasteiger partial charge in [0.1, 0.15) is 0 Å². The van der Waals surface area contributed by atoms with Crippen LogP contribution < -0.4 is 29.9 Å². The van der Waals surface area contributed by atoms with Crippen LogP contribution in [0, 0.1) is 6.92 Å². The molecule has 0 N–H and O–H groups in total. The summed E-state index contributed by atoms with van der Waals surface area (Å²) in [5.41, 5.74) is 0. The van der Waals surface area contributed by atoms with Gasteiger partial charge in [-0.2, -0.15) is 0 Å². The van der Waals surface area contributed by atoms with E-state index in [1.54, 1.807) is 0 Å². The van der Waals surface area contributed by atoms with Crippen molar-refractivity contribution < 1.29 is 51.6 Å². The smallest absolute Gasteiger partial charge is 1.00 e. The van der Waals surface area contributed by atoms with E-state index < -0.39 is 0 Å². The van der Waals surface area contributed by atoms with Crippen LogP contribution in [0.4, 0.5) is 0 Å². The van der Waals surface area contributed by atoms with Gasteiger partial charge in [-0.15, -0.1) is 12.3 Å². The Bertz CT molecular complexity index is 35.9. The Kier molecular flexibility index (Phi) is 56.3. The van der Waals surface area contributed by atoms with E-state index in [1.165, 1.54) is 0 Å². The van der Waals surface area contributed by atoms with Gasteiger partial charge in [-0.05, 0) is 6.92 Å². The molecule has 0 unspecified atom stereocenters. The molecule has 0 amide bonds. The van der Waals surface area contributed by atoms with Gasteiger partial charge in [-0.25, -0.2) is 0 Å². The normalized spacial score (nSPS) is 3.57. The van der Waals surface area contributed by atoms with Crippen LogP contribution in [0.15, 0.2) is 12.3 Å². The van der Waals surface area contributed by atoms with Crippen molar-refractivity contribution in [2.24, 2.45) is 0 Å². The first-order valence-corrected chi connectivity index (χ1v) is 0.911. The number of allylic oxidation sites excluding steroid dienone is 1. The van der Waals surface area contributed by atoms with Gasteiger partial charge in [0, 0.05) is 0 Å². The van der Waals surface area contributed by atoms with Crippen molar-refractivity contribution in [3.8, 4) is 0 Å². The van der Waals surface area contributed by atoms with Crippen LogP contribution in [0.3, 0.4) is 0 Å². The Balaban J connectivity index is -0.0000000150. The average Bonchev–Trinajstić information content (AvgIpc) is 0.811. The summed E-state index contributed by atoms with van der Waals surface area (Å²) in [7, 11) is 0. The van der Waals surface area contributed by atoms with Gasteiger partial charge in [-0.1, -0.05) is 0 Å². The quantitative estimate of drug-likeness (QED) is 0.265. The minimum Gasteiger partial charge on any atom is -1.00 e. The Morgan fingerprint density at radius 1 is 1.29 bits per heavy atom. The molecule has 0 spiro atoms. The zero-order chi connectivity index (χ0) is 3.58. The third-order valence-corrected chi connectivity index (χ3v) is 0. The molecule has 0 aromatic rings. The summed E-state index contributed by atoms with van der Waals surface area (Å²) in [6, 6.07) is 0. The van der Waals surface area contributed by atoms with E-state index in [4.69, 9.17) is 0 Å². The van der Waals surface area contributed by atoms with Gasteiger partial charge in [-0.3, -0.25) is 0 Å². The number of halogens is 2. The molecule has 4 heteroatoms. The van der Waals surface area contributed by atoms with E-state index in [0.717, 1.165) is 0 Å². The van der Waals surface area contributed by atoms with Gasteiger partial charge in [0.25, 0.3) is 0 Å². The van der Waals surface area contributed by atoms with E-state index in [2.05, 4.69) is 13.5 Å². The van der Waals surface area contributed by atoms with Crippen molar-refractivity contribution in [3.63, 3.8) is 0 Å². The Morgan fingerprint density at radius 3 is 1.29 bits per heavy atom. The van der Waals surface area contributed by atoms with Gasteiger partial charge in [0.15, 0.2) is 0 Å². The van der Waals surface area contributed by atoms with Crippen molar-refractivity contribution in [2.45, 2.75) is 0 Å². The first-order valence-electron chi connectivity index (χ1n) is 0.911. The van der Waals surface area contributed by atoms with Crippen LogP contribution in [0.2, 0.25) is 0 Å². The maximum Gasteiger partial charge on any atom is 3.00 e. The second kappa shape index (κ2) is 15.8. The van der Waals surface area contributed by atoms with Crippen LogP contribution >= 0.6 is 0 Å². The summed E-state index contributed by atoms with van der Waals surface area (Å²) in [5.74, 6) is -0.333. The molecular formula is C3H4Cl2OTi. The average molecular weight is 175 g/mol. The summed E-state index contributed by atoms with van der Waals surface area (Å²) < 4.78 is 0. The maximum atomic E-state index is 9.22. The maximum absolute atomic E-state index is 9.22. The molecule has 0 aromatic carbocycles. The first-order chi connectivity index (χ1) is 1.73. The molecule has 0 aromatic heterocycles. The van der Waals surface area contributed by atoms with Crippen molar-refractivity contribution in [1.82, 2.24) is 0 Å². The molecular weight excluding hydrogens is 171 g/mol. The number of hydrogen-bond acceptors (Lipinski definition) is 1. The molecule has 0 aliphatic heterocycles. The minimum atomic E-state index is -0.333. The van der Waals surface area contributed by atoms with E-state index in [1.807, 2.05) is 0 Å². The van der Waals surface area contributed by atoms with E-state index in [9.17, 15) is 5.11 Å². The van der Waals surface area contributed by atoms with Crippen molar-refractivity contribution in [2.75, 3.05) is 0 Å². The molecule has 1 nitrogen and oxygen atoms in total. The summed E-state index contributed by atoms with van der Waals surface area (Å²) in [4.78, 5) is 0. The summed E-state index contributed by atoms with van der Waals surface area (Å²) >= 11 is 0. The van der Waals surface area contributed by atoms with Crippen LogP contribution in [0.5, 0.6) is 0 Å². The zero-order valence-corrected chi connectivity index (χ0v) is 6.65. The Morgan fingerprint density at radius 2 is 1.29 bits per heavy atom. The predicted molar refractivity (Wildman–Crippen MR) is 14.5 cm³/mol. The van der Waals surface area contributed by atoms with Gasteiger partial charge >= 0.3 is 21.7 Å². The SMILES string of the molecule is [CH2]C(=C)[O-].[Cl-].[Cl-].[Ti+3]. The van der Waals surface area contributed by atoms with Gasteiger partial charge < -0.3 is 29.9 Å². The molecule has 0 heterocycles. The van der Waals surface area contributed by atoms with Crippen molar-refractivity contribution in [3.05, 3.63) is 19.3 Å². The van der Waals surface area contributed by atoms with E-state index in [-0.39, 0.29) is 52.3 Å². The number of hydrogen-bond donors (Lipinski definition) is 0. The molecule has 2 radical (unpaired) electrons. The Labute approximate surface area is 70.9 Å². The van der Waals surface area contributed by atoms with Crippen molar-refractivity contribution >= 4 is 0 Å². The fourth-order valence-electron chi connectivity index (χ4n) is 0. The minimum absolute atomic E-state index is 0. The molecule has 0 aliphatic rings. The summed E-state index contributed by atoms with van der Waals surface area (Å²) in [5, 5.41) is 9.22. The second-order valence-electron chi connectivity index (χ2n) is 0.539. The third-order valence-electron chi connectivity index (χ3n) is 0. The van der Waals surface area contributed by atoms with Crippen LogP contribution in [-0.4, -0.2) is 0 Å². The summed E-state index contributed by atoms with van der Waals surface area (Å²) in [6.45, 7) is 5.78. The van der Waals surface area contributed by atoms with Gasteiger partial charge in [0.05, 0.1) is 0 Å². The number of rotatable bonds is 0. The van der Waals surface area contributed by atoms with E-state index in [0.29, 0.717) is 0 Å². The summed E-state index contributed by atoms with van der Waals surface area (Å²) in [6.07, 6.45) is 0. The largest absolute Gasteiger partial charge is 3.00 e. The first kappa shape index (κ1) is 24.9. The fraction of sp³-hybridized carbons (Fsp3) is 0. The van der Waals surface area contributed by atoms with Gasteiger partial charge in [0.2, 0.25) is 0 Å². The Hall–Kier alpha value is 0.834. The van der Waals surface area contributed by atoms with Crippen LogP contribution in [-0.2, 0) is 21.7 Å². The topological polar surface area (TPSA) is 23.1 Å². The molecule has 0 fully saturated rings. The zero-order valence-electron chi connectivity index (χ0n) is 3.58. The molecule has 0 bridgehead atoms. The monoisotopic (exact) mass is 174 g/mol. The fourth-order valence-corrected chi connectivity index (χ4v) is 0. The van der Waals surface area contributed by atoms with Crippen LogP contribution in [0.1, 0.15) is 0 Å². The molecule has 0 atom stereocenters. The van der Waals surface area contributed by atoms with E-state index >= 15 is 0 Å². The predicted octanol–water partition coefficient (Wildman–Crippen LogP) is -6.30. The molecule has 7 heavy (non-hydrogen) atoms. The van der Waals surface area contributed by atoms with Crippen molar-refractivity contribution in [1.29, 1.82) is 0 Å². The molecule has 0 saturated carbocycles. The standard InChI is InChI=1S/C3H5O.2ClH.Ti/c1-3(2)4;;;/h4H,1-2H2;2*1H;/q;;;+3/p-3. The second-order valence-corrected chi connectivity index (χ2v) is 0.539. The molecule has 40 valence electrons. The molecule has 0 aliphatic carbocycles. The van der Waals surface area contributed by atoms with Crippen LogP contribution in [0.25, 0.3) is 0 Å².